The van der Waals surface area contributed by atoms with Crippen LogP contribution in [-0.2, 0) is 16.0 Å². The predicted molar refractivity (Wildman–Crippen MR) is 76.2 cm³/mol. The second-order valence-corrected chi connectivity index (χ2v) is 5.31. The van der Waals surface area contributed by atoms with Crippen molar-refractivity contribution in [3.05, 3.63) is 35.9 Å². The van der Waals surface area contributed by atoms with Gasteiger partial charge >= 0.3 is 5.97 Å². The van der Waals surface area contributed by atoms with Crippen LogP contribution >= 0.6 is 0 Å². The van der Waals surface area contributed by atoms with E-state index in [1.807, 2.05) is 30.3 Å². The predicted octanol–water partition coefficient (Wildman–Crippen LogP) is 3.38. The van der Waals surface area contributed by atoms with Gasteiger partial charge in [0.25, 0.3) is 0 Å². The van der Waals surface area contributed by atoms with Crippen LogP contribution in [0.25, 0.3) is 0 Å². The Morgan fingerprint density at radius 1 is 1.16 bits per heavy atom. The molecular formula is C16H24O3. The van der Waals surface area contributed by atoms with Gasteiger partial charge in [-0.3, -0.25) is 4.79 Å². The molecule has 0 saturated heterocycles. The first-order valence-corrected chi connectivity index (χ1v) is 6.94. The molecule has 1 atom stereocenters. The lowest BCUT2D eigenvalue weighted by molar-refractivity contribution is -0.142. The van der Waals surface area contributed by atoms with Gasteiger partial charge in [-0.2, -0.15) is 0 Å². The Hall–Kier alpha value is -1.35. The number of carboxylic acids is 1. The smallest absolute Gasteiger partial charge is 0.306 e. The third-order valence-electron chi connectivity index (χ3n) is 3.12. The van der Waals surface area contributed by atoms with Crippen LogP contribution in [0.15, 0.2) is 30.3 Å². The van der Waals surface area contributed by atoms with Gasteiger partial charge in [0.2, 0.25) is 0 Å². The minimum absolute atomic E-state index is 0.360. The molecule has 1 aromatic rings. The molecule has 0 heterocycles. The molecule has 3 nitrogen and oxygen atoms in total. The first-order valence-electron chi connectivity index (χ1n) is 6.94. The second-order valence-electron chi connectivity index (χ2n) is 5.31. The van der Waals surface area contributed by atoms with Crippen molar-refractivity contribution in [1.29, 1.82) is 0 Å². The van der Waals surface area contributed by atoms with Gasteiger partial charge in [0.15, 0.2) is 0 Å². The maximum Gasteiger partial charge on any atom is 0.306 e. The normalized spacial score (nSPS) is 12.6. The number of hydrogen-bond acceptors (Lipinski definition) is 2. The standard InChI is InChI=1S/C16H24O3/c1-13(2)8-10-19-11-9-15(16(17)18)12-14-6-4-3-5-7-14/h3-7,13,15H,8-12H2,1-2H3,(H,17,18). The van der Waals surface area contributed by atoms with Crippen LogP contribution in [0.4, 0.5) is 0 Å². The van der Waals surface area contributed by atoms with Gasteiger partial charge in [0, 0.05) is 13.2 Å². The summed E-state index contributed by atoms with van der Waals surface area (Å²) in [5.41, 5.74) is 1.07. The maximum absolute atomic E-state index is 11.2. The Morgan fingerprint density at radius 2 is 1.79 bits per heavy atom. The van der Waals surface area contributed by atoms with Gasteiger partial charge < -0.3 is 9.84 Å². The quantitative estimate of drug-likeness (QED) is 0.695. The number of carboxylic acid groups (broad SMARTS) is 1. The molecule has 1 N–H and O–H groups in total. The van der Waals surface area contributed by atoms with Crippen molar-refractivity contribution in [2.24, 2.45) is 11.8 Å². The zero-order chi connectivity index (χ0) is 14.1. The van der Waals surface area contributed by atoms with Crippen LogP contribution in [0.3, 0.4) is 0 Å². The third kappa shape index (κ3) is 6.97. The van der Waals surface area contributed by atoms with Crippen LogP contribution < -0.4 is 0 Å². The van der Waals surface area contributed by atoms with Crippen molar-refractivity contribution in [1.82, 2.24) is 0 Å². The summed E-state index contributed by atoms with van der Waals surface area (Å²) in [6, 6.07) is 9.75. The van der Waals surface area contributed by atoms with Crippen LogP contribution in [0.1, 0.15) is 32.3 Å². The van der Waals surface area contributed by atoms with Crippen molar-refractivity contribution in [2.75, 3.05) is 13.2 Å². The molecule has 1 rings (SSSR count). The molecule has 0 bridgehead atoms. The average Bonchev–Trinajstić information content (AvgIpc) is 2.37. The van der Waals surface area contributed by atoms with Crippen LogP contribution in [0.2, 0.25) is 0 Å². The number of aliphatic carboxylic acids is 1. The molecule has 0 radical (unpaired) electrons. The first-order chi connectivity index (χ1) is 9.09. The van der Waals surface area contributed by atoms with E-state index in [-0.39, 0.29) is 5.92 Å². The van der Waals surface area contributed by atoms with Crippen LogP contribution in [0.5, 0.6) is 0 Å². The fourth-order valence-electron chi connectivity index (χ4n) is 1.86. The lowest BCUT2D eigenvalue weighted by Crippen LogP contribution is -2.19. The van der Waals surface area contributed by atoms with E-state index in [2.05, 4.69) is 13.8 Å². The molecule has 0 fully saturated rings. The summed E-state index contributed by atoms with van der Waals surface area (Å²) in [4.78, 5) is 11.2. The Morgan fingerprint density at radius 3 is 2.37 bits per heavy atom. The van der Waals surface area contributed by atoms with Gasteiger partial charge in [-0.25, -0.2) is 0 Å². The van der Waals surface area contributed by atoms with E-state index in [4.69, 9.17) is 4.74 Å². The molecule has 3 heteroatoms. The summed E-state index contributed by atoms with van der Waals surface area (Å²) in [6.07, 6.45) is 2.17. The highest BCUT2D eigenvalue weighted by molar-refractivity contribution is 5.70. The minimum Gasteiger partial charge on any atom is -0.481 e. The first kappa shape index (κ1) is 15.7. The maximum atomic E-state index is 11.2. The average molecular weight is 264 g/mol. The number of hydrogen-bond donors (Lipinski definition) is 1. The fourth-order valence-corrected chi connectivity index (χ4v) is 1.86. The van der Waals surface area contributed by atoms with E-state index in [1.165, 1.54) is 0 Å². The molecule has 0 amide bonds. The van der Waals surface area contributed by atoms with Crippen molar-refractivity contribution < 1.29 is 14.6 Å². The van der Waals surface area contributed by atoms with E-state index < -0.39 is 5.97 Å². The zero-order valence-electron chi connectivity index (χ0n) is 11.8. The number of rotatable bonds is 9. The molecule has 1 unspecified atom stereocenters. The van der Waals surface area contributed by atoms with Crippen LogP contribution in [0, 0.1) is 11.8 Å². The fraction of sp³-hybridized carbons (Fsp3) is 0.562. The third-order valence-corrected chi connectivity index (χ3v) is 3.12. The molecule has 19 heavy (non-hydrogen) atoms. The zero-order valence-corrected chi connectivity index (χ0v) is 11.8. The van der Waals surface area contributed by atoms with E-state index in [0.29, 0.717) is 25.4 Å². The van der Waals surface area contributed by atoms with Gasteiger partial charge in [0.05, 0.1) is 5.92 Å². The minimum atomic E-state index is -0.740. The molecule has 106 valence electrons. The SMILES string of the molecule is CC(C)CCOCCC(Cc1ccccc1)C(=O)O. The Labute approximate surface area is 115 Å². The van der Waals surface area contributed by atoms with Gasteiger partial charge in [-0.05, 0) is 30.7 Å². The van der Waals surface area contributed by atoms with Crippen molar-refractivity contribution >= 4 is 5.97 Å². The van der Waals surface area contributed by atoms with Crippen molar-refractivity contribution in [3.63, 3.8) is 0 Å². The summed E-state index contributed by atoms with van der Waals surface area (Å²) in [7, 11) is 0. The summed E-state index contributed by atoms with van der Waals surface area (Å²) >= 11 is 0. The monoisotopic (exact) mass is 264 g/mol. The Kier molecular flexibility index (Phi) is 7.19. The van der Waals surface area contributed by atoms with E-state index >= 15 is 0 Å². The molecule has 0 aromatic heterocycles. The second kappa shape index (κ2) is 8.70. The van der Waals surface area contributed by atoms with E-state index in [9.17, 15) is 9.90 Å². The molecule has 0 aliphatic carbocycles. The summed E-state index contributed by atoms with van der Waals surface area (Å²) in [5, 5.41) is 9.22. The highest BCUT2D eigenvalue weighted by atomic mass is 16.5. The number of benzene rings is 1. The molecule has 0 saturated carbocycles. The molecule has 0 aliphatic rings. The Bertz CT molecular complexity index is 360. The summed E-state index contributed by atoms with van der Waals surface area (Å²) in [6.45, 7) is 5.55. The topological polar surface area (TPSA) is 46.5 Å². The summed E-state index contributed by atoms with van der Waals surface area (Å²) in [5.74, 6) is -0.475. The van der Waals surface area contributed by atoms with E-state index in [1.54, 1.807) is 0 Å². The molecule has 0 spiro atoms. The van der Waals surface area contributed by atoms with Gasteiger partial charge in [-0.15, -0.1) is 0 Å². The largest absolute Gasteiger partial charge is 0.481 e. The molecule has 1 aromatic carbocycles. The molecular weight excluding hydrogens is 240 g/mol. The lowest BCUT2D eigenvalue weighted by atomic mass is 9.97. The molecule has 0 aliphatic heterocycles. The van der Waals surface area contributed by atoms with Crippen molar-refractivity contribution in [3.8, 4) is 0 Å². The van der Waals surface area contributed by atoms with Crippen LogP contribution in [-0.4, -0.2) is 24.3 Å². The summed E-state index contributed by atoms with van der Waals surface area (Å²) < 4.78 is 5.50. The Balaban J connectivity index is 2.31. The van der Waals surface area contributed by atoms with Gasteiger partial charge in [-0.1, -0.05) is 44.2 Å². The van der Waals surface area contributed by atoms with E-state index in [0.717, 1.165) is 18.6 Å². The van der Waals surface area contributed by atoms with Gasteiger partial charge in [0.1, 0.15) is 0 Å². The highest BCUT2D eigenvalue weighted by Gasteiger charge is 2.17. The highest BCUT2D eigenvalue weighted by Crippen LogP contribution is 2.13. The van der Waals surface area contributed by atoms with Crippen molar-refractivity contribution in [2.45, 2.75) is 33.1 Å². The number of ether oxygens (including phenoxy) is 1. The lowest BCUT2D eigenvalue weighted by Gasteiger charge is -2.13. The number of carbonyl (C=O) groups is 1.